The highest BCUT2D eigenvalue weighted by Crippen LogP contribution is 2.23. The SMILES string of the molecule is Cc1c(C)n2c3c(=O)n(CCc4ccccc4)c(=O)n(C)c3nc2n1C[C@H]1CCCO1. The predicted molar refractivity (Wildman–Crippen MR) is 119 cm³/mol. The van der Waals surface area contributed by atoms with E-state index in [1.54, 1.807) is 7.05 Å². The van der Waals surface area contributed by atoms with E-state index in [2.05, 4.69) is 4.57 Å². The summed E-state index contributed by atoms with van der Waals surface area (Å²) < 4.78 is 12.7. The minimum atomic E-state index is -0.339. The molecular weight excluding hydrogens is 394 g/mol. The lowest BCUT2D eigenvalue weighted by atomic mass is 10.1. The second-order valence-corrected chi connectivity index (χ2v) is 8.37. The summed E-state index contributed by atoms with van der Waals surface area (Å²) in [5.41, 5.74) is 3.35. The number of hydrogen-bond acceptors (Lipinski definition) is 4. The molecule has 0 unspecified atom stereocenters. The van der Waals surface area contributed by atoms with Crippen molar-refractivity contribution in [3.63, 3.8) is 0 Å². The molecule has 8 nitrogen and oxygen atoms in total. The average molecular weight is 422 g/mol. The van der Waals surface area contributed by atoms with Crippen LogP contribution < -0.4 is 11.2 Å². The molecule has 4 aromatic rings. The second-order valence-electron chi connectivity index (χ2n) is 8.37. The molecular formula is C23H27N5O3. The summed E-state index contributed by atoms with van der Waals surface area (Å²) in [5.74, 6) is 0.688. The van der Waals surface area contributed by atoms with Crippen molar-refractivity contribution in [2.45, 2.75) is 52.3 Å². The van der Waals surface area contributed by atoms with E-state index >= 15 is 0 Å². The van der Waals surface area contributed by atoms with E-state index in [9.17, 15) is 9.59 Å². The number of hydrogen-bond donors (Lipinski definition) is 0. The van der Waals surface area contributed by atoms with Crippen molar-refractivity contribution in [2.24, 2.45) is 7.05 Å². The van der Waals surface area contributed by atoms with Gasteiger partial charge in [-0.2, -0.15) is 4.98 Å². The summed E-state index contributed by atoms with van der Waals surface area (Å²) in [6, 6.07) is 9.88. The van der Waals surface area contributed by atoms with Crippen LogP contribution in [0.15, 0.2) is 39.9 Å². The predicted octanol–water partition coefficient (Wildman–Crippen LogP) is 2.19. The van der Waals surface area contributed by atoms with Gasteiger partial charge in [0.15, 0.2) is 11.2 Å². The maximum Gasteiger partial charge on any atom is 0.332 e. The summed E-state index contributed by atoms with van der Waals surface area (Å²) in [4.78, 5) is 31.2. The Morgan fingerprint density at radius 2 is 1.87 bits per heavy atom. The van der Waals surface area contributed by atoms with Crippen LogP contribution in [0, 0.1) is 13.8 Å². The standard InChI is InChI=1S/C23H27N5O3/c1-15-16(2)28-19-20(24-22(28)27(15)14-18-10-7-13-31-18)25(3)23(30)26(21(19)29)12-11-17-8-5-4-6-9-17/h4-6,8-9,18H,7,10-14H2,1-3H3/t18-/m1/s1. The van der Waals surface area contributed by atoms with E-state index in [-0.39, 0.29) is 17.4 Å². The number of nitrogens with zero attached hydrogens (tertiary/aromatic N) is 5. The molecule has 1 saturated heterocycles. The lowest BCUT2D eigenvalue weighted by Crippen LogP contribution is -2.39. The molecule has 8 heteroatoms. The Bertz CT molecular complexity index is 1380. The van der Waals surface area contributed by atoms with E-state index in [0.29, 0.717) is 36.5 Å². The zero-order chi connectivity index (χ0) is 21.7. The molecule has 0 amide bonds. The van der Waals surface area contributed by atoms with Gasteiger partial charge in [0.2, 0.25) is 5.78 Å². The van der Waals surface area contributed by atoms with Crippen LogP contribution in [0.5, 0.6) is 0 Å². The lowest BCUT2D eigenvalue weighted by Gasteiger charge is -2.12. The van der Waals surface area contributed by atoms with Crippen molar-refractivity contribution in [3.8, 4) is 0 Å². The third-order valence-corrected chi connectivity index (χ3v) is 6.51. The van der Waals surface area contributed by atoms with Crippen molar-refractivity contribution >= 4 is 16.9 Å². The third-order valence-electron chi connectivity index (χ3n) is 6.51. The van der Waals surface area contributed by atoms with Crippen LogP contribution in [0.4, 0.5) is 0 Å². The Labute approximate surface area is 179 Å². The van der Waals surface area contributed by atoms with Crippen molar-refractivity contribution < 1.29 is 4.74 Å². The van der Waals surface area contributed by atoms with Gasteiger partial charge in [-0.1, -0.05) is 30.3 Å². The second kappa shape index (κ2) is 7.53. The number of rotatable bonds is 5. The van der Waals surface area contributed by atoms with Gasteiger partial charge in [-0.15, -0.1) is 0 Å². The first-order chi connectivity index (χ1) is 15.0. The number of aromatic nitrogens is 5. The highest BCUT2D eigenvalue weighted by atomic mass is 16.5. The number of fused-ring (bicyclic) bond motifs is 3. The van der Waals surface area contributed by atoms with Crippen LogP contribution in [-0.2, 0) is 31.3 Å². The quantitative estimate of drug-likeness (QED) is 0.495. The molecule has 0 radical (unpaired) electrons. The molecule has 5 rings (SSSR count). The molecule has 1 aliphatic heterocycles. The molecule has 0 aliphatic carbocycles. The first-order valence-electron chi connectivity index (χ1n) is 10.8. The van der Waals surface area contributed by atoms with Gasteiger partial charge in [0.25, 0.3) is 5.56 Å². The van der Waals surface area contributed by atoms with Gasteiger partial charge in [0.05, 0.1) is 12.6 Å². The largest absolute Gasteiger partial charge is 0.376 e. The van der Waals surface area contributed by atoms with E-state index in [4.69, 9.17) is 9.72 Å². The van der Waals surface area contributed by atoms with Crippen molar-refractivity contribution in [3.05, 3.63) is 68.1 Å². The molecule has 4 heterocycles. The Kier molecular flexibility index (Phi) is 4.81. The molecule has 0 saturated carbocycles. The summed E-state index contributed by atoms with van der Waals surface area (Å²) in [7, 11) is 1.68. The molecule has 1 aliphatic rings. The summed E-state index contributed by atoms with van der Waals surface area (Å²) in [6.07, 6.45) is 2.85. The Balaban J connectivity index is 1.67. The fourth-order valence-corrected chi connectivity index (χ4v) is 4.61. The van der Waals surface area contributed by atoms with Gasteiger partial charge in [-0.25, -0.2) is 4.79 Å². The lowest BCUT2D eigenvalue weighted by molar-refractivity contribution is 0.0974. The molecule has 3 aromatic heterocycles. The van der Waals surface area contributed by atoms with Crippen molar-refractivity contribution in [2.75, 3.05) is 6.61 Å². The minimum absolute atomic E-state index is 0.153. The Hall–Kier alpha value is -3.13. The average Bonchev–Trinajstić information content (AvgIpc) is 3.48. The smallest absolute Gasteiger partial charge is 0.332 e. The minimum Gasteiger partial charge on any atom is -0.376 e. The highest BCUT2D eigenvalue weighted by Gasteiger charge is 2.25. The van der Waals surface area contributed by atoms with Gasteiger partial charge < -0.3 is 9.30 Å². The molecule has 31 heavy (non-hydrogen) atoms. The van der Waals surface area contributed by atoms with Gasteiger partial charge in [0.1, 0.15) is 0 Å². The van der Waals surface area contributed by atoms with Crippen LogP contribution in [0.1, 0.15) is 29.8 Å². The third kappa shape index (κ3) is 3.13. The first-order valence-corrected chi connectivity index (χ1v) is 10.8. The number of benzene rings is 1. The van der Waals surface area contributed by atoms with Crippen molar-refractivity contribution in [1.29, 1.82) is 0 Å². The number of ether oxygens (including phenoxy) is 1. The number of imidazole rings is 2. The van der Waals surface area contributed by atoms with Crippen LogP contribution in [0.25, 0.3) is 16.9 Å². The molecule has 0 N–H and O–H groups in total. The zero-order valence-electron chi connectivity index (χ0n) is 18.2. The van der Waals surface area contributed by atoms with E-state index in [1.807, 2.05) is 48.6 Å². The van der Waals surface area contributed by atoms with Gasteiger partial charge in [-0.05, 0) is 38.7 Å². The maximum atomic E-state index is 13.5. The van der Waals surface area contributed by atoms with E-state index < -0.39 is 0 Å². The van der Waals surface area contributed by atoms with Crippen LogP contribution >= 0.6 is 0 Å². The van der Waals surface area contributed by atoms with Crippen molar-refractivity contribution in [1.82, 2.24) is 23.1 Å². The zero-order valence-corrected chi connectivity index (χ0v) is 18.2. The fourth-order valence-electron chi connectivity index (χ4n) is 4.61. The molecule has 0 spiro atoms. The summed E-state index contributed by atoms with van der Waals surface area (Å²) in [5, 5.41) is 0. The molecule has 1 fully saturated rings. The normalized spacial score (nSPS) is 16.7. The molecule has 0 bridgehead atoms. The molecule has 1 atom stereocenters. The van der Waals surface area contributed by atoms with Crippen LogP contribution in [0.2, 0.25) is 0 Å². The Morgan fingerprint density at radius 1 is 1.10 bits per heavy atom. The Morgan fingerprint density at radius 3 is 2.58 bits per heavy atom. The first kappa shape index (κ1) is 19.8. The maximum absolute atomic E-state index is 13.5. The summed E-state index contributed by atoms with van der Waals surface area (Å²) >= 11 is 0. The van der Waals surface area contributed by atoms with Crippen LogP contribution in [-0.4, -0.2) is 35.8 Å². The van der Waals surface area contributed by atoms with Gasteiger partial charge in [0, 0.05) is 31.6 Å². The molecule has 162 valence electrons. The fraction of sp³-hybridized carbons (Fsp3) is 0.435. The van der Waals surface area contributed by atoms with Crippen LogP contribution in [0.3, 0.4) is 0 Å². The monoisotopic (exact) mass is 421 g/mol. The van der Waals surface area contributed by atoms with Gasteiger partial charge in [-0.3, -0.25) is 18.3 Å². The van der Waals surface area contributed by atoms with Gasteiger partial charge >= 0.3 is 5.69 Å². The number of aryl methyl sites for hydroxylation is 3. The summed E-state index contributed by atoms with van der Waals surface area (Å²) in [6.45, 7) is 5.85. The highest BCUT2D eigenvalue weighted by molar-refractivity contribution is 5.76. The van der Waals surface area contributed by atoms with E-state index in [0.717, 1.165) is 36.4 Å². The van der Waals surface area contributed by atoms with E-state index in [1.165, 1.54) is 9.13 Å². The molecule has 1 aromatic carbocycles. The topological polar surface area (TPSA) is 75.5 Å².